The summed E-state index contributed by atoms with van der Waals surface area (Å²) in [5, 5.41) is 4.82. The number of nitrogen functional groups attached to an aromatic ring is 1. The van der Waals surface area contributed by atoms with Crippen molar-refractivity contribution in [3.05, 3.63) is 22.2 Å². The summed E-state index contributed by atoms with van der Waals surface area (Å²) in [5.41, 5.74) is 5.36. The summed E-state index contributed by atoms with van der Waals surface area (Å²) in [7, 11) is -3.93. The van der Waals surface area contributed by atoms with E-state index in [1.807, 2.05) is 0 Å². The van der Waals surface area contributed by atoms with Crippen molar-refractivity contribution in [1.29, 1.82) is 0 Å². The molecule has 0 saturated carbocycles. The highest BCUT2D eigenvalue weighted by Crippen LogP contribution is 2.32. The van der Waals surface area contributed by atoms with E-state index in [9.17, 15) is 8.42 Å². The van der Waals surface area contributed by atoms with E-state index in [2.05, 4.69) is 0 Å². The number of anilines is 1. The summed E-state index contributed by atoms with van der Waals surface area (Å²) in [4.78, 5) is -0.332. The number of primary sulfonamides is 1. The fraction of sp³-hybridized carbons (Fsp3) is 0. The van der Waals surface area contributed by atoms with E-state index in [1.165, 1.54) is 12.1 Å². The SMILES string of the molecule is Nc1ccc(Cl)c(Cl)c1S(N)(=O)=O. The van der Waals surface area contributed by atoms with Crippen LogP contribution in [-0.4, -0.2) is 8.42 Å². The van der Waals surface area contributed by atoms with Crippen LogP contribution in [0.3, 0.4) is 0 Å². The van der Waals surface area contributed by atoms with E-state index >= 15 is 0 Å². The highest BCUT2D eigenvalue weighted by Gasteiger charge is 2.18. The maximum atomic E-state index is 11.0. The number of hydrogen-bond donors (Lipinski definition) is 2. The Kier molecular flexibility index (Phi) is 2.72. The summed E-state index contributed by atoms with van der Waals surface area (Å²) in [6.07, 6.45) is 0. The third-order valence-corrected chi connectivity index (χ3v) is 3.29. The predicted octanol–water partition coefficient (Wildman–Crippen LogP) is 1.22. The third kappa shape index (κ3) is 2.05. The van der Waals surface area contributed by atoms with Crippen LogP contribution in [-0.2, 0) is 10.0 Å². The van der Waals surface area contributed by atoms with Gasteiger partial charge in [0.1, 0.15) is 4.90 Å². The maximum absolute atomic E-state index is 11.0. The number of benzene rings is 1. The molecule has 72 valence electrons. The number of sulfonamides is 1. The largest absolute Gasteiger partial charge is 0.398 e. The highest BCUT2D eigenvalue weighted by atomic mass is 35.5. The summed E-state index contributed by atoms with van der Waals surface area (Å²) in [6.45, 7) is 0. The van der Waals surface area contributed by atoms with Crippen molar-refractivity contribution in [3.8, 4) is 0 Å². The monoisotopic (exact) mass is 240 g/mol. The Morgan fingerprint density at radius 2 is 1.77 bits per heavy atom. The van der Waals surface area contributed by atoms with E-state index in [-0.39, 0.29) is 20.6 Å². The fourth-order valence-corrected chi connectivity index (χ4v) is 2.30. The standard InChI is InChI=1S/C6H6Cl2N2O2S/c7-3-1-2-4(9)6(5(3)8)13(10,11)12/h1-2H,9H2,(H2,10,11,12). The zero-order valence-corrected chi connectivity index (χ0v) is 8.62. The highest BCUT2D eigenvalue weighted by molar-refractivity contribution is 7.89. The number of halogens is 2. The molecule has 0 saturated heterocycles. The number of hydrogen-bond acceptors (Lipinski definition) is 3. The zero-order valence-electron chi connectivity index (χ0n) is 6.29. The fourth-order valence-electron chi connectivity index (χ4n) is 0.836. The molecule has 0 radical (unpaired) electrons. The van der Waals surface area contributed by atoms with E-state index in [4.69, 9.17) is 34.1 Å². The molecule has 0 unspecified atom stereocenters. The van der Waals surface area contributed by atoms with Gasteiger partial charge in [0.25, 0.3) is 0 Å². The Morgan fingerprint density at radius 3 is 2.15 bits per heavy atom. The maximum Gasteiger partial charge on any atom is 0.241 e. The molecule has 13 heavy (non-hydrogen) atoms. The average Bonchev–Trinajstić information content (AvgIpc) is 1.95. The lowest BCUT2D eigenvalue weighted by Crippen LogP contribution is -2.15. The van der Waals surface area contributed by atoms with Gasteiger partial charge in [-0.3, -0.25) is 0 Å². The van der Waals surface area contributed by atoms with Crippen molar-refractivity contribution in [3.63, 3.8) is 0 Å². The molecule has 4 N–H and O–H groups in total. The normalized spacial score (nSPS) is 11.6. The molecule has 0 heterocycles. The lowest BCUT2D eigenvalue weighted by atomic mass is 10.3. The topological polar surface area (TPSA) is 86.2 Å². The lowest BCUT2D eigenvalue weighted by molar-refractivity contribution is 0.598. The molecule has 0 bridgehead atoms. The van der Waals surface area contributed by atoms with Crippen molar-refractivity contribution in [1.82, 2.24) is 0 Å². The molecule has 0 fully saturated rings. The second-order valence-corrected chi connectivity index (χ2v) is 4.61. The van der Waals surface area contributed by atoms with Crippen molar-refractivity contribution in [2.24, 2.45) is 5.14 Å². The van der Waals surface area contributed by atoms with E-state index in [1.54, 1.807) is 0 Å². The molecule has 0 amide bonds. The summed E-state index contributed by atoms with van der Waals surface area (Å²) >= 11 is 11.2. The van der Waals surface area contributed by atoms with Crippen LogP contribution in [0.2, 0.25) is 10.0 Å². The van der Waals surface area contributed by atoms with Gasteiger partial charge in [-0.15, -0.1) is 0 Å². The van der Waals surface area contributed by atoms with Crippen LogP contribution >= 0.6 is 23.2 Å². The summed E-state index contributed by atoms with van der Waals surface area (Å²) in [6, 6.07) is 2.72. The van der Waals surface area contributed by atoms with Crippen LogP contribution in [0.1, 0.15) is 0 Å². The molecule has 0 aliphatic heterocycles. The average molecular weight is 241 g/mol. The molecular formula is C6H6Cl2N2O2S. The van der Waals surface area contributed by atoms with Gasteiger partial charge in [0, 0.05) is 0 Å². The first-order chi connectivity index (χ1) is 5.84. The van der Waals surface area contributed by atoms with Gasteiger partial charge in [0.05, 0.1) is 15.7 Å². The summed E-state index contributed by atoms with van der Waals surface area (Å²) < 4.78 is 22.0. The van der Waals surface area contributed by atoms with Gasteiger partial charge in [-0.25, -0.2) is 13.6 Å². The second-order valence-electron chi connectivity index (χ2n) is 2.32. The number of nitrogens with two attached hydrogens (primary N) is 2. The summed E-state index contributed by atoms with van der Waals surface area (Å²) in [5.74, 6) is 0. The first-order valence-corrected chi connectivity index (χ1v) is 5.40. The molecule has 1 rings (SSSR count). The Bertz CT molecular complexity index is 444. The molecule has 0 aromatic heterocycles. The molecule has 4 nitrogen and oxygen atoms in total. The molecule has 7 heteroatoms. The van der Waals surface area contributed by atoms with E-state index < -0.39 is 10.0 Å². The first-order valence-electron chi connectivity index (χ1n) is 3.10. The van der Waals surface area contributed by atoms with Crippen LogP contribution in [0.4, 0.5) is 5.69 Å². The zero-order chi connectivity index (χ0) is 10.2. The third-order valence-electron chi connectivity index (χ3n) is 1.36. The van der Waals surface area contributed by atoms with Crippen LogP contribution < -0.4 is 10.9 Å². The minimum atomic E-state index is -3.93. The Labute approximate surface area is 85.5 Å². The number of rotatable bonds is 1. The second kappa shape index (κ2) is 3.34. The van der Waals surface area contributed by atoms with Gasteiger partial charge in [0.2, 0.25) is 10.0 Å². The molecular weight excluding hydrogens is 235 g/mol. The van der Waals surface area contributed by atoms with Crippen molar-refractivity contribution >= 4 is 38.9 Å². The van der Waals surface area contributed by atoms with Gasteiger partial charge in [0.15, 0.2) is 0 Å². The van der Waals surface area contributed by atoms with Gasteiger partial charge in [-0.2, -0.15) is 0 Å². The Hall–Kier alpha value is -0.490. The quantitative estimate of drug-likeness (QED) is 0.725. The van der Waals surface area contributed by atoms with E-state index in [0.29, 0.717) is 0 Å². The van der Waals surface area contributed by atoms with E-state index in [0.717, 1.165) is 0 Å². The first kappa shape index (κ1) is 10.6. The van der Waals surface area contributed by atoms with Gasteiger partial charge in [-0.1, -0.05) is 23.2 Å². The van der Waals surface area contributed by atoms with Crippen molar-refractivity contribution in [2.45, 2.75) is 4.90 Å². The molecule has 0 aliphatic carbocycles. The Balaban J connectivity index is 3.62. The minimum absolute atomic E-state index is 0.0168. The molecule has 0 atom stereocenters. The smallest absolute Gasteiger partial charge is 0.241 e. The molecule has 1 aromatic rings. The van der Waals surface area contributed by atoms with Crippen molar-refractivity contribution in [2.75, 3.05) is 5.73 Å². The van der Waals surface area contributed by atoms with Crippen molar-refractivity contribution < 1.29 is 8.42 Å². The van der Waals surface area contributed by atoms with Crippen LogP contribution in [0, 0.1) is 0 Å². The minimum Gasteiger partial charge on any atom is -0.398 e. The molecule has 0 spiro atoms. The lowest BCUT2D eigenvalue weighted by Gasteiger charge is -2.06. The van der Waals surface area contributed by atoms with Crippen LogP contribution in [0.5, 0.6) is 0 Å². The van der Waals surface area contributed by atoms with Crippen LogP contribution in [0.15, 0.2) is 17.0 Å². The van der Waals surface area contributed by atoms with Crippen LogP contribution in [0.25, 0.3) is 0 Å². The molecule has 1 aromatic carbocycles. The Morgan fingerprint density at radius 1 is 1.23 bits per heavy atom. The van der Waals surface area contributed by atoms with Gasteiger partial charge in [-0.05, 0) is 12.1 Å². The molecule has 0 aliphatic rings. The predicted molar refractivity (Wildman–Crippen MR) is 52.2 cm³/mol. The van der Waals surface area contributed by atoms with Gasteiger partial charge >= 0.3 is 0 Å². The van der Waals surface area contributed by atoms with Gasteiger partial charge < -0.3 is 5.73 Å².